The van der Waals surface area contributed by atoms with Crippen molar-refractivity contribution in [3.05, 3.63) is 11.1 Å². The Morgan fingerprint density at radius 2 is 1.61 bits per heavy atom. The molecule has 0 spiro atoms. The van der Waals surface area contributed by atoms with Crippen molar-refractivity contribution in [2.75, 3.05) is 20.3 Å². The van der Waals surface area contributed by atoms with Crippen molar-refractivity contribution in [2.45, 2.75) is 155 Å². The molecule has 1 amide bonds. The number of esters is 2. The highest BCUT2D eigenvalue weighted by atomic mass is 16.6. The minimum absolute atomic E-state index is 0.0143. The van der Waals surface area contributed by atoms with Gasteiger partial charge in [-0.25, -0.2) is 0 Å². The van der Waals surface area contributed by atoms with Crippen LogP contribution in [0.3, 0.4) is 0 Å². The SMILES string of the molecule is COC(=O)CNC(=O)CC(C)(O)CC(=O)O[C@H]1[C@H](O)C[C@]2(C)C3=C(CC[C@H]2C1(C)C)[C@]1(C)CC[C@H]([C@H](CO)CC[C@@H](O)C(C)(C)O)[C@@]1(C)[C@@H](O)C3. The van der Waals surface area contributed by atoms with Gasteiger partial charge in [0.1, 0.15) is 12.6 Å². The number of hydrogen-bond donors (Lipinski definition) is 7. The van der Waals surface area contributed by atoms with E-state index in [4.69, 9.17) is 4.74 Å². The van der Waals surface area contributed by atoms with Crippen LogP contribution in [-0.4, -0.2) is 104 Å². The molecular formula is C39H65NO11. The highest BCUT2D eigenvalue weighted by Crippen LogP contribution is 2.72. The average Bonchev–Trinajstić information content (AvgIpc) is 3.30. The van der Waals surface area contributed by atoms with Gasteiger partial charge in [-0.05, 0) is 101 Å². The molecule has 4 rings (SSSR count). The molecule has 0 bridgehead atoms. The van der Waals surface area contributed by atoms with Crippen molar-refractivity contribution in [2.24, 2.45) is 39.4 Å². The summed E-state index contributed by atoms with van der Waals surface area (Å²) in [5.41, 5.74) is -2.47. The fraction of sp³-hybridized carbons (Fsp3) is 0.872. The summed E-state index contributed by atoms with van der Waals surface area (Å²) in [5, 5.41) is 68.5. The van der Waals surface area contributed by atoms with Gasteiger partial charge in [0.25, 0.3) is 0 Å². The van der Waals surface area contributed by atoms with E-state index in [2.05, 4.69) is 30.8 Å². The number of amides is 1. The first-order chi connectivity index (χ1) is 23.4. The summed E-state index contributed by atoms with van der Waals surface area (Å²) in [7, 11) is 1.19. The molecule has 4 aliphatic carbocycles. The maximum atomic E-state index is 13.2. The van der Waals surface area contributed by atoms with Crippen LogP contribution in [-0.2, 0) is 23.9 Å². The topological polar surface area (TPSA) is 203 Å². The molecule has 1 unspecified atom stereocenters. The molecule has 12 nitrogen and oxygen atoms in total. The summed E-state index contributed by atoms with van der Waals surface area (Å²) in [4.78, 5) is 36.9. The second-order valence-electron chi connectivity index (χ2n) is 18.3. The van der Waals surface area contributed by atoms with Crippen molar-refractivity contribution >= 4 is 17.8 Å². The zero-order valence-corrected chi connectivity index (χ0v) is 32.3. The molecule has 2 saturated carbocycles. The van der Waals surface area contributed by atoms with Crippen molar-refractivity contribution in [1.29, 1.82) is 0 Å². The van der Waals surface area contributed by atoms with Gasteiger partial charge in [-0.15, -0.1) is 0 Å². The molecule has 0 aromatic carbocycles. The average molecular weight is 724 g/mol. The molecule has 0 aromatic heterocycles. The van der Waals surface area contributed by atoms with Gasteiger partial charge in [0.2, 0.25) is 5.91 Å². The third kappa shape index (κ3) is 7.65. The summed E-state index contributed by atoms with van der Waals surface area (Å²) in [6.45, 7) is 14.7. The highest BCUT2D eigenvalue weighted by Gasteiger charge is 2.67. The van der Waals surface area contributed by atoms with E-state index < -0.39 is 82.6 Å². The summed E-state index contributed by atoms with van der Waals surface area (Å²) in [5.74, 6) is -2.11. The van der Waals surface area contributed by atoms with Crippen LogP contribution in [0, 0.1) is 39.4 Å². The van der Waals surface area contributed by atoms with Gasteiger partial charge in [0, 0.05) is 17.4 Å². The second-order valence-corrected chi connectivity index (χ2v) is 18.3. The quantitative estimate of drug-likeness (QED) is 0.109. The molecule has 2 fully saturated rings. The normalized spacial score (nSPS) is 36.9. The van der Waals surface area contributed by atoms with Crippen LogP contribution in [0.5, 0.6) is 0 Å². The van der Waals surface area contributed by atoms with Crippen LogP contribution in [0.15, 0.2) is 11.1 Å². The van der Waals surface area contributed by atoms with Gasteiger partial charge in [-0.2, -0.15) is 0 Å². The Bertz CT molecular complexity index is 1350. The van der Waals surface area contributed by atoms with Crippen molar-refractivity contribution in [1.82, 2.24) is 5.32 Å². The van der Waals surface area contributed by atoms with Crippen LogP contribution in [0.2, 0.25) is 0 Å². The van der Waals surface area contributed by atoms with E-state index in [0.29, 0.717) is 25.7 Å². The summed E-state index contributed by atoms with van der Waals surface area (Å²) < 4.78 is 10.4. The van der Waals surface area contributed by atoms with Crippen LogP contribution < -0.4 is 5.32 Å². The molecule has 51 heavy (non-hydrogen) atoms. The number of hydrogen-bond acceptors (Lipinski definition) is 11. The number of fused-ring (bicyclic) bond motifs is 4. The van der Waals surface area contributed by atoms with Crippen LogP contribution in [0.25, 0.3) is 0 Å². The van der Waals surface area contributed by atoms with Crippen molar-refractivity contribution < 1.29 is 54.5 Å². The molecule has 0 aromatic rings. The lowest BCUT2D eigenvalue weighted by Gasteiger charge is -2.64. The third-order valence-electron chi connectivity index (χ3n) is 14.2. The minimum atomic E-state index is -1.75. The van der Waals surface area contributed by atoms with E-state index in [9.17, 15) is 45.0 Å². The van der Waals surface area contributed by atoms with E-state index in [0.717, 1.165) is 25.7 Å². The Hall–Kier alpha value is -2.09. The monoisotopic (exact) mass is 723 g/mol. The zero-order chi connectivity index (χ0) is 38.5. The number of methoxy groups -OCH3 is 1. The number of aliphatic hydroxyl groups excluding tert-OH is 4. The third-order valence-corrected chi connectivity index (χ3v) is 14.2. The lowest BCUT2D eigenvalue weighted by atomic mass is 9.42. The lowest BCUT2D eigenvalue weighted by molar-refractivity contribution is -0.198. The Balaban J connectivity index is 1.53. The van der Waals surface area contributed by atoms with Crippen LogP contribution in [0.4, 0.5) is 0 Å². The van der Waals surface area contributed by atoms with Gasteiger partial charge in [-0.3, -0.25) is 14.4 Å². The summed E-state index contributed by atoms with van der Waals surface area (Å²) in [6, 6.07) is 0. The molecule has 11 atom stereocenters. The number of carbonyl (C=O) groups is 3. The van der Waals surface area contributed by atoms with Crippen molar-refractivity contribution in [3.63, 3.8) is 0 Å². The van der Waals surface area contributed by atoms with Crippen LogP contribution in [0.1, 0.15) is 120 Å². The smallest absolute Gasteiger partial charge is 0.325 e. The van der Waals surface area contributed by atoms with Gasteiger partial charge in [-0.1, -0.05) is 45.8 Å². The first-order valence-electron chi connectivity index (χ1n) is 18.7. The van der Waals surface area contributed by atoms with E-state index in [1.54, 1.807) is 13.8 Å². The van der Waals surface area contributed by atoms with E-state index >= 15 is 0 Å². The summed E-state index contributed by atoms with van der Waals surface area (Å²) in [6.07, 6.45) is 0.551. The molecular weight excluding hydrogens is 658 g/mol. The second kappa shape index (κ2) is 14.6. The largest absolute Gasteiger partial charge is 0.468 e. The number of aliphatic hydroxyl groups is 6. The number of carbonyl (C=O) groups excluding carboxylic acids is 3. The molecule has 12 heteroatoms. The van der Waals surface area contributed by atoms with Crippen LogP contribution >= 0.6 is 0 Å². The predicted molar refractivity (Wildman–Crippen MR) is 189 cm³/mol. The Morgan fingerprint density at radius 1 is 0.961 bits per heavy atom. The first-order valence-corrected chi connectivity index (χ1v) is 18.7. The van der Waals surface area contributed by atoms with Gasteiger partial charge in [0.05, 0.1) is 49.5 Å². The molecule has 0 saturated heterocycles. The highest BCUT2D eigenvalue weighted by molar-refractivity contribution is 5.83. The number of nitrogens with one attached hydrogen (secondary N) is 1. The standard InChI is InChI=1S/C39H65NO11/c1-34(2)27-12-11-24-25(16-29(44)39(8)23(14-15-38(24,39)7)22(21-41)10-13-28(43)35(3,4)48)37(27,6)17-26(42)33(34)51-31(46)19-36(5,49)18-30(45)40-20-32(47)50-9/h22-23,26-29,33,41-44,48-49H,10-21H2,1-9H3,(H,40,45)/t22-,23+,26+,27-,28+,29-,33-,36?,37+,38-,39-/m0/s1. The van der Waals surface area contributed by atoms with Gasteiger partial charge >= 0.3 is 11.9 Å². The Kier molecular flexibility index (Phi) is 11.9. The number of ether oxygens (including phenoxy) is 2. The van der Waals surface area contributed by atoms with Crippen molar-refractivity contribution in [3.8, 4) is 0 Å². The number of allylic oxidation sites excluding steroid dienone is 1. The lowest BCUT2D eigenvalue weighted by Crippen LogP contribution is -2.62. The maximum Gasteiger partial charge on any atom is 0.325 e. The molecule has 7 N–H and O–H groups in total. The molecule has 0 radical (unpaired) electrons. The Morgan fingerprint density at radius 3 is 2.20 bits per heavy atom. The predicted octanol–water partition coefficient (Wildman–Crippen LogP) is 2.93. The van der Waals surface area contributed by atoms with E-state index in [-0.39, 0.29) is 36.3 Å². The zero-order valence-electron chi connectivity index (χ0n) is 32.3. The molecule has 0 heterocycles. The van der Waals surface area contributed by atoms with Gasteiger partial charge in [0.15, 0.2) is 0 Å². The van der Waals surface area contributed by atoms with E-state index in [1.807, 2.05) is 13.8 Å². The maximum absolute atomic E-state index is 13.2. The fourth-order valence-corrected chi connectivity index (χ4v) is 11.2. The minimum Gasteiger partial charge on any atom is -0.468 e. The fourth-order valence-electron chi connectivity index (χ4n) is 11.2. The Labute approximate surface area is 303 Å². The van der Waals surface area contributed by atoms with Gasteiger partial charge < -0.3 is 45.4 Å². The number of rotatable bonds is 13. The molecule has 4 aliphatic rings. The molecule has 0 aliphatic heterocycles. The summed E-state index contributed by atoms with van der Waals surface area (Å²) >= 11 is 0. The first kappa shape index (κ1) is 41.7. The molecule has 292 valence electrons. The van der Waals surface area contributed by atoms with E-state index in [1.165, 1.54) is 25.2 Å².